The summed E-state index contributed by atoms with van der Waals surface area (Å²) in [6.45, 7) is 10.5. The average molecular weight is 536 g/mol. The predicted octanol–water partition coefficient (Wildman–Crippen LogP) is 5.49. The Morgan fingerprint density at radius 1 is 1.08 bits per heavy atom. The number of fused-ring (bicyclic) bond motifs is 3. The molecular formula is C27H38NO8P. The maximum Gasteiger partial charge on any atom is 0.367 e. The first-order valence-corrected chi connectivity index (χ1v) is 14.4. The van der Waals surface area contributed by atoms with E-state index in [4.69, 9.17) is 23.3 Å². The van der Waals surface area contributed by atoms with Crippen molar-refractivity contribution in [1.82, 2.24) is 4.57 Å². The number of aromatic nitrogens is 1. The number of hydrogen-bond acceptors (Lipinski definition) is 8. The van der Waals surface area contributed by atoms with Gasteiger partial charge in [0.2, 0.25) is 0 Å². The highest BCUT2D eigenvalue weighted by atomic mass is 31.2. The van der Waals surface area contributed by atoms with Crippen molar-refractivity contribution in [3.05, 3.63) is 45.7 Å². The smallest absolute Gasteiger partial charge is 0.367 e. The first-order chi connectivity index (χ1) is 17.6. The van der Waals surface area contributed by atoms with Gasteiger partial charge in [0, 0.05) is 44.0 Å². The van der Waals surface area contributed by atoms with Gasteiger partial charge in [-0.15, -0.1) is 0 Å². The van der Waals surface area contributed by atoms with Crippen LogP contribution in [0.5, 0.6) is 11.5 Å². The lowest BCUT2D eigenvalue weighted by atomic mass is 9.87. The van der Waals surface area contributed by atoms with E-state index in [0.29, 0.717) is 43.2 Å². The lowest BCUT2D eigenvalue weighted by molar-refractivity contribution is 0.101. The van der Waals surface area contributed by atoms with Crippen LogP contribution in [0.3, 0.4) is 0 Å². The molecule has 0 radical (unpaired) electrons. The zero-order chi connectivity index (χ0) is 27.2. The summed E-state index contributed by atoms with van der Waals surface area (Å²) in [5.74, 6) is 0.862. The maximum atomic E-state index is 13.0. The van der Waals surface area contributed by atoms with E-state index in [-0.39, 0.29) is 48.3 Å². The summed E-state index contributed by atoms with van der Waals surface area (Å²) in [5.41, 5.74) is 2.34. The molecule has 1 aliphatic heterocycles. The van der Waals surface area contributed by atoms with Crippen molar-refractivity contribution in [3.63, 3.8) is 0 Å². The van der Waals surface area contributed by atoms with E-state index >= 15 is 0 Å². The molecule has 1 aromatic heterocycles. The molecule has 1 atom stereocenters. The monoisotopic (exact) mass is 535 g/mol. The topological polar surface area (TPSA) is 102 Å². The molecule has 0 fully saturated rings. The third kappa shape index (κ3) is 6.90. The molecule has 37 heavy (non-hydrogen) atoms. The number of carbonyl (C=O) groups excluding carboxylic acids is 1. The van der Waals surface area contributed by atoms with Gasteiger partial charge in [-0.3, -0.25) is 14.2 Å². The zero-order valence-electron chi connectivity index (χ0n) is 22.6. The maximum absolute atomic E-state index is 13.0. The molecule has 2 heterocycles. The highest BCUT2D eigenvalue weighted by Crippen LogP contribution is 2.49. The Bertz CT molecular complexity index is 1200. The van der Waals surface area contributed by atoms with Crippen molar-refractivity contribution in [3.8, 4) is 22.8 Å². The van der Waals surface area contributed by atoms with Gasteiger partial charge in [-0.2, -0.15) is 0 Å². The molecule has 1 unspecified atom stereocenters. The Hall–Kier alpha value is -2.45. The summed E-state index contributed by atoms with van der Waals surface area (Å²) >= 11 is 0. The first kappa shape index (κ1) is 29.1. The van der Waals surface area contributed by atoms with Crippen molar-refractivity contribution in [2.45, 2.75) is 53.5 Å². The van der Waals surface area contributed by atoms with Crippen molar-refractivity contribution in [2.24, 2.45) is 5.92 Å². The van der Waals surface area contributed by atoms with Gasteiger partial charge < -0.3 is 27.8 Å². The molecule has 0 spiro atoms. The Labute approximate surface area is 218 Å². The van der Waals surface area contributed by atoms with Crippen LogP contribution in [0.25, 0.3) is 11.3 Å². The molecule has 0 saturated carbocycles. The lowest BCUT2D eigenvalue weighted by Crippen LogP contribution is -2.28. The summed E-state index contributed by atoms with van der Waals surface area (Å²) in [7, 11) is -1.84. The van der Waals surface area contributed by atoms with Crippen molar-refractivity contribution in [1.29, 1.82) is 0 Å². The fourth-order valence-corrected chi connectivity index (χ4v) is 5.77. The van der Waals surface area contributed by atoms with Crippen molar-refractivity contribution >= 4 is 13.4 Å². The van der Waals surface area contributed by atoms with E-state index in [1.54, 1.807) is 33.2 Å². The molecule has 9 nitrogen and oxygen atoms in total. The van der Waals surface area contributed by atoms with Gasteiger partial charge in [0.1, 0.15) is 0 Å². The Morgan fingerprint density at radius 3 is 2.35 bits per heavy atom. The van der Waals surface area contributed by atoms with E-state index in [2.05, 4.69) is 13.8 Å². The highest BCUT2D eigenvalue weighted by Gasteiger charge is 2.30. The number of pyridine rings is 1. The van der Waals surface area contributed by atoms with Crippen LogP contribution in [0.2, 0.25) is 0 Å². The average Bonchev–Trinajstić information content (AvgIpc) is 2.84. The quantitative estimate of drug-likeness (QED) is 0.178. The van der Waals surface area contributed by atoms with Crippen LogP contribution in [0.1, 0.15) is 63.0 Å². The normalized spacial score (nSPS) is 14.8. The SMILES string of the molecule is CCOP(=O)(COc1cc2c(cc1OCCCOC)CC(C(C)C)n1cc(C(C)=O)c(=O)cc1-2)OCC. The van der Waals surface area contributed by atoms with Gasteiger partial charge in [0.15, 0.2) is 29.1 Å². The zero-order valence-corrected chi connectivity index (χ0v) is 23.5. The predicted molar refractivity (Wildman–Crippen MR) is 142 cm³/mol. The third-order valence-electron chi connectivity index (χ3n) is 6.24. The fourth-order valence-electron chi connectivity index (χ4n) is 4.46. The van der Waals surface area contributed by atoms with Gasteiger partial charge in [0.05, 0.1) is 31.1 Å². The largest absolute Gasteiger partial charge is 0.490 e. The number of carbonyl (C=O) groups is 1. The summed E-state index contributed by atoms with van der Waals surface area (Å²) in [6.07, 6.45) is 2.75. The van der Waals surface area contributed by atoms with Crippen LogP contribution >= 0.6 is 7.60 Å². The highest BCUT2D eigenvalue weighted by molar-refractivity contribution is 7.53. The van der Waals surface area contributed by atoms with E-state index < -0.39 is 7.60 Å². The number of benzene rings is 1. The summed E-state index contributed by atoms with van der Waals surface area (Å²) in [5, 5.41) is 0. The molecule has 1 aromatic carbocycles. The van der Waals surface area contributed by atoms with Crippen LogP contribution < -0.4 is 14.9 Å². The van der Waals surface area contributed by atoms with Gasteiger partial charge in [-0.25, -0.2) is 0 Å². The molecule has 10 heteroatoms. The Kier molecular flexibility index (Phi) is 10.1. The number of Topliss-reactive ketones (excluding diaryl/α,β-unsaturated/α-hetero) is 1. The molecule has 0 N–H and O–H groups in total. The van der Waals surface area contributed by atoms with E-state index in [0.717, 1.165) is 11.1 Å². The number of rotatable bonds is 14. The standard InChI is InChI=1S/C27H38NO8P/c1-7-35-37(31,36-8-2)17-34-27-14-21-20(13-26(27)33-11-9-10-32-6)12-23(18(3)4)28-16-22(19(5)29)25(30)15-24(21)28/h13-16,18,23H,7-12,17H2,1-6H3. The summed E-state index contributed by atoms with van der Waals surface area (Å²) in [4.78, 5) is 24.9. The van der Waals surface area contributed by atoms with Crippen molar-refractivity contribution < 1.29 is 32.6 Å². The molecular weight excluding hydrogens is 497 g/mol. The molecule has 0 amide bonds. The number of ether oxygens (including phenoxy) is 3. The van der Waals surface area contributed by atoms with E-state index in [9.17, 15) is 14.2 Å². The molecule has 0 bridgehead atoms. The molecule has 0 saturated heterocycles. The number of ketones is 1. The van der Waals surface area contributed by atoms with Crippen LogP contribution in [-0.2, 0) is 24.8 Å². The lowest BCUT2D eigenvalue weighted by Gasteiger charge is -2.34. The fraction of sp³-hybridized carbons (Fsp3) is 0.556. The summed E-state index contributed by atoms with van der Waals surface area (Å²) < 4.78 is 43.0. The van der Waals surface area contributed by atoms with Gasteiger partial charge in [-0.1, -0.05) is 13.8 Å². The van der Waals surface area contributed by atoms with Gasteiger partial charge in [-0.05, 0) is 50.8 Å². The van der Waals surface area contributed by atoms with Gasteiger partial charge >= 0.3 is 7.60 Å². The third-order valence-corrected chi connectivity index (χ3v) is 7.99. The second-order valence-corrected chi connectivity index (χ2v) is 11.3. The van der Waals surface area contributed by atoms with Gasteiger partial charge in [0.25, 0.3) is 0 Å². The minimum absolute atomic E-state index is 0.0467. The first-order valence-electron chi connectivity index (χ1n) is 12.7. The Morgan fingerprint density at radius 2 is 1.76 bits per heavy atom. The molecule has 204 valence electrons. The Balaban J connectivity index is 2.10. The second kappa shape index (κ2) is 12.9. The van der Waals surface area contributed by atoms with Crippen LogP contribution in [0.15, 0.2) is 29.2 Å². The van der Waals surface area contributed by atoms with Crippen molar-refractivity contribution in [2.75, 3.05) is 39.9 Å². The van der Waals surface area contributed by atoms with E-state index in [1.807, 2.05) is 10.6 Å². The van der Waals surface area contributed by atoms with Crippen LogP contribution in [0.4, 0.5) is 0 Å². The van der Waals surface area contributed by atoms with Crippen LogP contribution in [0, 0.1) is 5.92 Å². The minimum atomic E-state index is -3.47. The molecule has 2 aromatic rings. The molecule has 0 aliphatic carbocycles. The molecule has 3 rings (SSSR count). The number of hydrogen-bond donors (Lipinski definition) is 0. The number of nitrogens with zero attached hydrogens (tertiary/aromatic N) is 1. The second-order valence-electron chi connectivity index (χ2n) is 9.29. The molecule has 1 aliphatic rings. The summed E-state index contributed by atoms with van der Waals surface area (Å²) in [6, 6.07) is 5.29. The van der Waals surface area contributed by atoms with E-state index in [1.165, 1.54) is 13.0 Å². The minimum Gasteiger partial charge on any atom is -0.490 e. The number of methoxy groups -OCH3 is 1. The van der Waals surface area contributed by atoms with Crippen LogP contribution in [-0.4, -0.2) is 50.2 Å².